The lowest BCUT2D eigenvalue weighted by Crippen LogP contribution is -2.12. The van der Waals surface area contributed by atoms with E-state index >= 15 is 0 Å². The minimum atomic E-state index is -0.167. The molecule has 2 heteroatoms. The summed E-state index contributed by atoms with van der Waals surface area (Å²) in [6, 6.07) is 4.00. The van der Waals surface area contributed by atoms with E-state index in [1.165, 1.54) is 5.56 Å². The Hall–Kier alpha value is -0.890. The first kappa shape index (κ1) is 12.2. The van der Waals surface area contributed by atoms with E-state index in [1.54, 1.807) is 6.20 Å². The lowest BCUT2D eigenvalue weighted by Gasteiger charge is -2.14. The number of aliphatic hydroxyl groups is 1. The normalized spacial score (nSPS) is 14.9. The largest absolute Gasteiger partial charge is 0.393 e. The molecule has 0 bridgehead atoms. The van der Waals surface area contributed by atoms with Crippen LogP contribution in [0.3, 0.4) is 0 Å². The van der Waals surface area contributed by atoms with Crippen molar-refractivity contribution in [3.63, 3.8) is 0 Å². The van der Waals surface area contributed by atoms with Gasteiger partial charge in [0.1, 0.15) is 0 Å². The van der Waals surface area contributed by atoms with Crippen LogP contribution in [-0.4, -0.2) is 16.2 Å². The van der Waals surface area contributed by atoms with E-state index in [9.17, 15) is 5.11 Å². The number of aromatic nitrogens is 1. The average molecular weight is 207 g/mol. The highest BCUT2D eigenvalue weighted by atomic mass is 16.3. The Labute approximate surface area is 92.4 Å². The van der Waals surface area contributed by atoms with Gasteiger partial charge in [0.15, 0.2) is 0 Å². The molecule has 0 aromatic carbocycles. The van der Waals surface area contributed by atoms with Gasteiger partial charge in [-0.25, -0.2) is 0 Å². The Morgan fingerprint density at radius 2 is 2.27 bits per heavy atom. The van der Waals surface area contributed by atoms with Crippen molar-refractivity contribution in [3.05, 3.63) is 30.1 Å². The van der Waals surface area contributed by atoms with Gasteiger partial charge in [-0.05, 0) is 36.8 Å². The van der Waals surface area contributed by atoms with Crippen molar-refractivity contribution in [2.75, 3.05) is 0 Å². The zero-order valence-corrected chi connectivity index (χ0v) is 9.69. The highest BCUT2D eigenvalue weighted by Crippen LogP contribution is 2.13. The van der Waals surface area contributed by atoms with Gasteiger partial charge in [-0.3, -0.25) is 4.98 Å². The number of aryl methyl sites for hydroxylation is 1. The Morgan fingerprint density at radius 3 is 2.87 bits per heavy atom. The number of nitrogens with zero attached hydrogens (tertiary/aromatic N) is 1. The molecule has 0 aliphatic rings. The highest BCUT2D eigenvalue weighted by molar-refractivity contribution is 5.08. The molecule has 2 nitrogen and oxygen atoms in total. The quantitative estimate of drug-likeness (QED) is 0.778. The summed E-state index contributed by atoms with van der Waals surface area (Å²) < 4.78 is 0. The van der Waals surface area contributed by atoms with E-state index < -0.39 is 0 Å². The SMILES string of the molecule is CCC(C)CC(O)CCc1cccnc1. The molecule has 1 aromatic rings. The molecule has 0 aliphatic heterocycles. The molecule has 2 atom stereocenters. The van der Waals surface area contributed by atoms with Gasteiger partial charge in [-0.1, -0.05) is 26.3 Å². The molecule has 1 rings (SSSR count). The maximum absolute atomic E-state index is 9.79. The van der Waals surface area contributed by atoms with Crippen LogP contribution in [0.5, 0.6) is 0 Å². The first-order valence-corrected chi connectivity index (χ1v) is 5.79. The fraction of sp³-hybridized carbons (Fsp3) is 0.615. The predicted molar refractivity (Wildman–Crippen MR) is 62.6 cm³/mol. The third-order valence-corrected chi connectivity index (χ3v) is 2.86. The van der Waals surface area contributed by atoms with Crippen LogP contribution in [0.15, 0.2) is 24.5 Å². The van der Waals surface area contributed by atoms with E-state index in [0.29, 0.717) is 5.92 Å². The molecule has 0 radical (unpaired) electrons. The third kappa shape index (κ3) is 4.93. The van der Waals surface area contributed by atoms with Crippen molar-refractivity contribution < 1.29 is 5.11 Å². The number of aliphatic hydroxyl groups excluding tert-OH is 1. The van der Waals surface area contributed by atoms with Crippen molar-refractivity contribution in [1.82, 2.24) is 4.98 Å². The Morgan fingerprint density at radius 1 is 1.47 bits per heavy atom. The number of pyridine rings is 1. The minimum Gasteiger partial charge on any atom is -0.393 e. The molecule has 84 valence electrons. The second kappa shape index (κ2) is 6.57. The third-order valence-electron chi connectivity index (χ3n) is 2.86. The fourth-order valence-corrected chi connectivity index (χ4v) is 1.63. The second-order valence-electron chi connectivity index (χ2n) is 4.30. The zero-order chi connectivity index (χ0) is 11.1. The van der Waals surface area contributed by atoms with Gasteiger partial charge in [-0.2, -0.15) is 0 Å². The minimum absolute atomic E-state index is 0.167. The summed E-state index contributed by atoms with van der Waals surface area (Å²) in [6.45, 7) is 4.35. The smallest absolute Gasteiger partial charge is 0.0546 e. The predicted octanol–water partition coefficient (Wildman–Crippen LogP) is 2.81. The summed E-state index contributed by atoms with van der Waals surface area (Å²) in [7, 11) is 0. The summed E-state index contributed by atoms with van der Waals surface area (Å²) in [6.07, 6.45) is 7.30. The van der Waals surface area contributed by atoms with E-state index in [2.05, 4.69) is 24.9 Å². The Kier molecular flexibility index (Phi) is 5.33. The van der Waals surface area contributed by atoms with Gasteiger partial charge < -0.3 is 5.11 Å². The van der Waals surface area contributed by atoms with Gasteiger partial charge >= 0.3 is 0 Å². The molecular weight excluding hydrogens is 186 g/mol. The average Bonchev–Trinajstić information content (AvgIpc) is 2.27. The molecule has 15 heavy (non-hydrogen) atoms. The number of hydrogen-bond acceptors (Lipinski definition) is 2. The van der Waals surface area contributed by atoms with Crippen LogP contribution < -0.4 is 0 Å². The maximum atomic E-state index is 9.79. The molecule has 0 spiro atoms. The van der Waals surface area contributed by atoms with Crippen LogP contribution in [0.25, 0.3) is 0 Å². The van der Waals surface area contributed by atoms with Gasteiger partial charge in [0.25, 0.3) is 0 Å². The molecule has 2 unspecified atom stereocenters. The highest BCUT2D eigenvalue weighted by Gasteiger charge is 2.08. The molecule has 1 aromatic heterocycles. The van der Waals surface area contributed by atoms with Crippen molar-refractivity contribution in [1.29, 1.82) is 0 Å². The molecule has 0 amide bonds. The van der Waals surface area contributed by atoms with Crippen molar-refractivity contribution in [2.24, 2.45) is 5.92 Å². The van der Waals surface area contributed by atoms with Gasteiger partial charge in [0, 0.05) is 12.4 Å². The molecular formula is C13H21NO. The van der Waals surface area contributed by atoms with Crippen molar-refractivity contribution >= 4 is 0 Å². The van der Waals surface area contributed by atoms with E-state index in [1.807, 2.05) is 12.3 Å². The fourth-order valence-electron chi connectivity index (χ4n) is 1.63. The van der Waals surface area contributed by atoms with Gasteiger partial charge in [0.05, 0.1) is 6.10 Å². The summed E-state index contributed by atoms with van der Waals surface area (Å²) in [5.41, 5.74) is 1.21. The van der Waals surface area contributed by atoms with Crippen molar-refractivity contribution in [3.8, 4) is 0 Å². The molecule has 1 N–H and O–H groups in total. The summed E-state index contributed by atoms with van der Waals surface area (Å²) in [5.74, 6) is 0.619. The van der Waals surface area contributed by atoms with Crippen LogP contribution in [0.4, 0.5) is 0 Å². The van der Waals surface area contributed by atoms with E-state index in [-0.39, 0.29) is 6.10 Å². The monoisotopic (exact) mass is 207 g/mol. The molecule has 1 heterocycles. The lowest BCUT2D eigenvalue weighted by molar-refractivity contribution is 0.135. The van der Waals surface area contributed by atoms with Crippen LogP contribution in [0.2, 0.25) is 0 Å². The summed E-state index contributed by atoms with van der Waals surface area (Å²) in [4.78, 5) is 4.06. The molecule has 0 fully saturated rings. The molecule has 0 saturated heterocycles. The Balaban J connectivity index is 2.25. The van der Waals surface area contributed by atoms with Crippen LogP contribution in [0, 0.1) is 5.92 Å². The maximum Gasteiger partial charge on any atom is 0.0546 e. The number of hydrogen-bond donors (Lipinski definition) is 1. The molecule has 0 aliphatic carbocycles. The topological polar surface area (TPSA) is 33.1 Å². The molecule has 0 saturated carbocycles. The second-order valence-corrected chi connectivity index (χ2v) is 4.30. The van der Waals surface area contributed by atoms with Crippen molar-refractivity contribution in [2.45, 2.75) is 45.6 Å². The zero-order valence-electron chi connectivity index (χ0n) is 9.69. The van der Waals surface area contributed by atoms with Crippen LogP contribution in [-0.2, 0) is 6.42 Å². The van der Waals surface area contributed by atoms with Gasteiger partial charge in [-0.15, -0.1) is 0 Å². The first-order valence-electron chi connectivity index (χ1n) is 5.79. The Bertz CT molecular complexity index is 260. The van der Waals surface area contributed by atoms with Gasteiger partial charge in [0.2, 0.25) is 0 Å². The first-order chi connectivity index (χ1) is 7.22. The summed E-state index contributed by atoms with van der Waals surface area (Å²) >= 11 is 0. The number of rotatable bonds is 6. The standard InChI is InChI=1S/C13H21NO/c1-3-11(2)9-13(15)7-6-12-5-4-8-14-10-12/h4-5,8,10-11,13,15H,3,6-7,9H2,1-2H3. The van der Waals surface area contributed by atoms with E-state index in [0.717, 1.165) is 25.7 Å². The summed E-state index contributed by atoms with van der Waals surface area (Å²) in [5, 5.41) is 9.79. The van der Waals surface area contributed by atoms with Crippen LogP contribution in [0.1, 0.15) is 38.7 Å². The lowest BCUT2D eigenvalue weighted by atomic mass is 9.97. The van der Waals surface area contributed by atoms with Crippen LogP contribution >= 0.6 is 0 Å². The van der Waals surface area contributed by atoms with E-state index in [4.69, 9.17) is 0 Å².